The first-order valence-corrected chi connectivity index (χ1v) is 7.54. The summed E-state index contributed by atoms with van der Waals surface area (Å²) in [7, 11) is 0. The summed E-state index contributed by atoms with van der Waals surface area (Å²) in [5.41, 5.74) is 0.934. The highest BCUT2D eigenvalue weighted by Crippen LogP contribution is 2.20. The van der Waals surface area contributed by atoms with Crippen molar-refractivity contribution in [3.63, 3.8) is 0 Å². The van der Waals surface area contributed by atoms with Crippen LogP contribution in [0.2, 0.25) is 0 Å². The summed E-state index contributed by atoms with van der Waals surface area (Å²) in [4.78, 5) is 12.1. The molecule has 3 nitrogen and oxygen atoms in total. The average Bonchev–Trinajstić information content (AvgIpc) is 2.42. The molecule has 116 valence electrons. The minimum Gasteiger partial charge on any atom is -0.375 e. The van der Waals surface area contributed by atoms with Crippen LogP contribution in [0, 0.1) is 11.6 Å². The van der Waals surface area contributed by atoms with Crippen molar-refractivity contribution in [1.82, 2.24) is 5.32 Å². The van der Waals surface area contributed by atoms with Crippen molar-refractivity contribution in [2.75, 3.05) is 25.5 Å². The molecule has 0 aliphatic rings. The lowest BCUT2D eigenvalue weighted by Gasteiger charge is -2.06. The highest BCUT2D eigenvalue weighted by atomic mass is 32.2. The molecule has 0 aliphatic carbocycles. The van der Waals surface area contributed by atoms with Crippen molar-refractivity contribution in [2.24, 2.45) is 0 Å². The third-order valence-corrected chi connectivity index (χ3v) is 3.40. The number of carbonyl (C=O) groups is 1. The van der Waals surface area contributed by atoms with Crippen LogP contribution in [-0.4, -0.2) is 31.4 Å². The van der Waals surface area contributed by atoms with Gasteiger partial charge in [0.05, 0.1) is 13.2 Å². The van der Waals surface area contributed by atoms with E-state index in [4.69, 9.17) is 4.74 Å². The van der Waals surface area contributed by atoms with E-state index in [1.165, 1.54) is 17.8 Å². The Labute approximate surface area is 127 Å². The van der Waals surface area contributed by atoms with Crippen molar-refractivity contribution in [3.8, 4) is 0 Å². The Morgan fingerprint density at radius 2 is 2.14 bits per heavy atom. The van der Waals surface area contributed by atoms with Gasteiger partial charge in [0.2, 0.25) is 5.91 Å². The maximum absolute atomic E-state index is 13.0. The zero-order valence-electron chi connectivity index (χ0n) is 12.0. The topological polar surface area (TPSA) is 38.3 Å². The molecule has 21 heavy (non-hydrogen) atoms. The summed E-state index contributed by atoms with van der Waals surface area (Å²) >= 11 is 1.31. The first-order valence-electron chi connectivity index (χ1n) is 6.55. The van der Waals surface area contributed by atoms with E-state index in [0.717, 1.165) is 17.7 Å². The standard InChI is InChI=1S/C15H19F2NO2S/c1-11(2)10-20-7-6-18-15(19)5-8-21-12-3-4-13(16)14(17)9-12/h3-4,9H,1,5-8,10H2,2H3,(H,18,19). The summed E-state index contributed by atoms with van der Waals surface area (Å²) in [6.45, 7) is 6.95. The van der Waals surface area contributed by atoms with Crippen molar-refractivity contribution in [3.05, 3.63) is 42.0 Å². The number of rotatable bonds is 9. The fourth-order valence-electron chi connectivity index (χ4n) is 1.43. The first kappa shape index (κ1) is 17.7. The van der Waals surface area contributed by atoms with Gasteiger partial charge in [-0.25, -0.2) is 8.78 Å². The lowest BCUT2D eigenvalue weighted by Crippen LogP contribution is -2.27. The van der Waals surface area contributed by atoms with Crippen LogP contribution in [-0.2, 0) is 9.53 Å². The second-order valence-electron chi connectivity index (χ2n) is 4.53. The lowest BCUT2D eigenvalue weighted by atomic mass is 10.3. The van der Waals surface area contributed by atoms with Crippen LogP contribution in [0.5, 0.6) is 0 Å². The van der Waals surface area contributed by atoms with Gasteiger partial charge in [-0.3, -0.25) is 4.79 Å². The summed E-state index contributed by atoms with van der Waals surface area (Å²) in [5.74, 6) is -1.33. The number of benzene rings is 1. The van der Waals surface area contributed by atoms with Gasteiger partial charge in [-0.15, -0.1) is 11.8 Å². The van der Waals surface area contributed by atoms with Crippen LogP contribution < -0.4 is 5.32 Å². The van der Waals surface area contributed by atoms with Gasteiger partial charge >= 0.3 is 0 Å². The van der Waals surface area contributed by atoms with E-state index < -0.39 is 11.6 Å². The van der Waals surface area contributed by atoms with E-state index in [9.17, 15) is 13.6 Å². The van der Waals surface area contributed by atoms with Gasteiger partial charge < -0.3 is 10.1 Å². The van der Waals surface area contributed by atoms with Crippen molar-refractivity contribution in [2.45, 2.75) is 18.2 Å². The third-order valence-electron chi connectivity index (χ3n) is 2.41. The van der Waals surface area contributed by atoms with Gasteiger partial charge in [0.1, 0.15) is 0 Å². The van der Waals surface area contributed by atoms with Crippen molar-refractivity contribution >= 4 is 17.7 Å². The molecule has 0 unspecified atom stereocenters. The zero-order chi connectivity index (χ0) is 15.7. The Balaban J connectivity index is 2.13. The summed E-state index contributed by atoms with van der Waals surface area (Å²) < 4.78 is 31.0. The predicted molar refractivity (Wildman–Crippen MR) is 80.3 cm³/mol. The molecule has 0 heterocycles. The molecule has 0 radical (unpaired) electrons. The van der Waals surface area contributed by atoms with Crippen molar-refractivity contribution in [1.29, 1.82) is 0 Å². The Morgan fingerprint density at radius 3 is 2.81 bits per heavy atom. The lowest BCUT2D eigenvalue weighted by molar-refractivity contribution is -0.120. The van der Waals surface area contributed by atoms with E-state index in [-0.39, 0.29) is 5.91 Å². The molecule has 0 saturated carbocycles. The van der Waals surface area contributed by atoms with Gasteiger partial charge in [0.15, 0.2) is 11.6 Å². The average molecular weight is 315 g/mol. The van der Waals surface area contributed by atoms with Gasteiger partial charge in [-0.05, 0) is 25.1 Å². The Kier molecular flexibility index (Phi) is 8.00. The molecule has 6 heteroatoms. The molecule has 1 N–H and O–H groups in total. The fourth-order valence-corrected chi connectivity index (χ4v) is 2.30. The Hall–Kier alpha value is -1.40. The van der Waals surface area contributed by atoms with Gasteiger partial charge in [-0.2, -0.15) is 0 Å². The van der Waals surface area contributed by atoms with Crippen LogP contribution >= 0.6 is 11.8 Å². The quantitative estimate of drug-likeness (QED) is 0.432. The molecule has 0 saturated heterocycles. The minimum atomic E-state index is -0.876. The van der Waals surface area contributed by atoms with Crippen molar-refractivity contribution < 1.29 is 18.3 Å². The largest absolute Gasteiger partial charge is 0.375 e. The molecular weight excluding hydrogens is 296 g/mol. The highest BCUT2D eigenvalue weighted by Gasteiger charge is 2.05. The number of halogens is 2. The highest BCUT2D eigenvalue weighted by molar-refractivity contribution is 7.99. The number of ether oxygens (including phenoxy) is 1. The van der Waals surface area contributed by atoms with Crippen LogP contribution in [0.3, 0.4) is 0 Å². The molecule has 0 aromatic heterocycles. The van der Waals surface area contributed by atoms with E-state index in [0.29, 0.717) is 36.8 Å². The molecule has 1 aromatic rings. The molecule has 0 bridgehead atoms. The summed E-state index contributed by atoms with van der Waals surface area (Å²) in [6.07, 6.45) is 0.310. The third kappa shape index (κ3) is 7.82. The van der Waals surface area contributed by atoms with Gasteiger partial charge in [0, 0.05) is 23.6 Å². The summed E-state index contributed by atoms with van der Waals surface area (Å²) in [5, 5.41) is 2.72. The van der Waals surface area contributed by atoms with E-state index in [1.807, 2.05) is 6.92 Å². The van der Waals surface area contributed by atoms with Gasteiger partial charge in [-0.1, -0.05) is 12.2 Å². The zero-order valence-corrected chi connectivity index (χ0v) is 12.8. The maximum Gasteiger partial charge on any atom is 0.220 e. The number of thioether (sulfide) groups is 1. The second kappa shape index (κ2) is 9.52. The molecule has 0 fully saturated rings. The Morgan fingerprint density at radius 1 is 1.38 bits per heavy atom. The second-order valence-corrected chi connectivity index (χ2v) is 5.70. The molecule has 0 aliphatic heterocycles. The molecule has 1 rings (SSSR count). The van der Waals surface area contributed by atoms with E-state index in [1.54, 1.807) is 0 Å². The van der Waals surface area contributed by atoms with E-state index in [2.05, 4.69) is 11.9 Å². The number of carbonyl (C=O) groups excluding carboxylic acids is 1. The molecule has 1 amide bonds. The fraction of sp³-hybridized carbons (Fsp3) is 0.400. The van der Waals surface area contributed by atoms with Crippen LogP contribution in [0.15, 0.2) is 35.2 Å². The molecular formula is C15H19F2NO2S. The molecule has 0 atom stereocenters. The van der Waals surface area contributed by atoms with Crippen LogP contribution in [0.1, 0.15) is 13.3 Å². The molecule has 0 spiro atoms. The number of amides is 1. The summed E-state index contributed by atoms with van der Waals surface area (Å²) in [6, 6.07) is 3.70. The Bertz CT molecular complexity index is 495. The minimum absolute atomic E-state index is 0.0935. The van der Waals surface area contributed by atoms with Crippen LogP contribution in [0.25, 0.3) is 0 Å². The predicted octanol–water partition coefficient (Wildman–Crippen LogP) is 3.16. The van der Waals surface area contributed by atoms with Crippen LogP contribution in [0.4, 0.5) is 8.78 Å². The molecule has 1 aromatic carbocycles. The number of hydrogen-bond acceptors (Lipinski definition) is 3. The van der Waals surface area contributed by atoms with Gasteiger partial charge in [0.25, 0.3) is 0 Å². The SMILES string of the molecule is C=C(C)COCCNC(=O)CCSc1ccc(F)c(F)c1. The number of hydrogen-bond donors (Lipinski definition) is 1. The number of nitrogens with one attached hydrogen (secondary N) is 1. The monoisotopic (exact) mass is 315 g/mol. The normalized spacial score (nSPS) is 10.4. The van der Waals surface area contributed by atoms with E-state index >= 15 is 0 Å². The smallest absolute Gasteiger partial charge is 0.220 e. The first-order chi connectivity index (χ1) is 9.99. The maximum atomic E-state index is 13.0.